The number of sulfone groups is 1. The van der Waals surface area contributed by atoms with E-state index in [-0.39, 0.29) is 15.6 Å². The summed E-state index contributed by atoms with van der Waals surface area (Å²) >= 11 is 6.12. The number of halogens is 2. The first kappa shape index (κ1) is 24.2. The third-order valence-corrected chi connectivity index (χ3v) is 8.71. The minimum Gasteiger partial charge on any atom is -0.493 e. The number of methoxy groups -OCH3 is 2. The van der Waals surface area contributed by atoms with Crippen molar-refractivity contribution in [3.63, 3.8) is 0 Å². The van der Waals surface area contributed by atoms with Crippen molar-refractivity contribution < 1.29 is 22.3 Å². The second kappa shape index (κ2) is 9.19. The summed E-state index contributed by atoms with van der Waals surface area (Å²) in [6, 6.07) is 15.7. The van der Waals surface area contributed by atoms with Crippen molar-refractivity contribution >= 4 is 27.1 Å². The van der Waals surface area contributed by atoms with Crippen LogP contribution in [0.4, 0.5) is 4.39 Å². The number of nitrogens with two attached hydrogens (primary N) is 1. The van der Waals surface area contributed by atoms with Crippen LogP contribution >= 0.6 is 11.6 Å². The van der Waals surface area contributed by atoms with E-state index in [4.69, 9.17) is 26.8 Å². The third-order valence-electron chi connectivity index (χ3n) is 6.56. The van der Waals surface area contributed by atoms with Gasteiger partial charge in [0.05, 0.1) is 19.1 Å². The monoisotopic (exact) mass is 526 g/mol. The molecule has 9 heteroatoms. The largest absolute Gasteiger partial charge is 0.493 e. The molecule has 1 atom stereocenters. The third kappa shape index (κ3) is 4.00. The Morgan fingerprint density at radius 2 is 1.72 bits per heavy atom. The standard InChI is InChI=1S/C27H24ClFN2O4S/c1-34-24-12-17-10-11-31-23(21(17)15-25(24)35-2)14-22(16-6-8-19(29)9-7-16)26(27(31)30)36(32,33)20-5-3-4-18(28)13-20/h3-9,12-15,22H,10-11,30H2,1-2H3. The molecule has 6 nitrogen and oxygen atoms in total. The summed E-state index contributed by atoms with van der Waals surface area (Å²) in [6.07, 6.45) is 2.49. The van der Waals surface area contributed by atoms with Gasteiger partial charge in [0, 0.05) is 28.7 Å². The zero-order chi connectivity index (χ0) is 25.6. The highest BCUT2D eigenvalue weighted by Crippen LogP contribution is 2.46. The number of hydrogen-bond donors (Lipinski definition) is 1. The molecule has 5 rings (SSSR count). The molecule has 2 heterocycles. The van der Waals surface area contributed by atoms with Gasteiger partial charge in [-0.05, 0) is 66.1 Å². The van der Waals surface area contributed by atoms with Gasteiger partial charge in [0.1, 0.15) is 16.5 Å². The molecule has 2 N–H and O–H groups in total. The molecule has 0 amide bonds. The van der Waals surface area contributed by atoms with E-state index in [9.17, 15) is 12.8 Å². The molecule has 2 aliphatic heterocycles. The van der Waals surface area contributed by atoms with Gasteiger partial charge in [-0.3, -0.25) is 0 Å². The van der Waals surface area contributed by atoms with Gasteiger partial charge in [-0.2, -0.15) is 0 Å². The lowest BCUT2D eigenvalue weighted by atomic mass is 9.88. The van der Waals surface area contributed by atoms with Crippen LogP contribution in [0, 0.1) is 5.82 Å². The predicted molar refractivity (Wildman–Crippen MR) is 137 cm³/mol. The van der Waals surface area contributed by atoms with Crippen LogP contribution in [0.15, 0.2) is 82.4 Å². The van der Waals surface area contributed by atoms with E-state index >= 15 is 0 Å². The molecular formula is C27H24ClFN2O4S. The van der Waals surface area contributed by atoms with Crippen molar-refractivity contribution in [1.82, 2.24) is 4.90 Å². The Morgan fingerprint density at radius 3 is 2.39 bits per heavy atom. The lowest BCUT2D eigenvalue weighted by molar-refractivity contribution is 0.353. The first-order valence-electron chi connectivity index (χ1n) is 11.2. The molecule has 0 fully saturated rings. The van der Waals surface area contributed by atoms with Crippen LogP contribution in [-0.4, -0.2) is 34.1 Å². The molecular weight excluding hydrogens is 503 g/mol. The van der Waals surface area contributed by atoms with E-state index in [0.29, 0.717) is 35.1 Å². The molecule has 186 valence electrons. The zero-order valence-corrected chi connectivity index (χ0v) is 21.2. The summed E-state index contributed by atoms with van der Waals surface area (Å²) in [6.45, 7) is 0.477. The first-order valence-corrected chi connectivity index (χ1v) is 13.1. The molecule has 3 aromatic rings. The maximum Gasteiger partial charge on any atom is 0.207 e. The fraction of sp³-hybridized carbons (Fsp3) is 0.185. The van der Waals surface area contributed by atoms with Crippen LogP contribution in [0.25, 0.3) is 5.70 Å². The summed E-state index contributed by atoms with van der Waals surface area (Å²) < 4.78 is 52.6. The van der Waals surface area contributed by atoms with Crippen LogP contribution in [0.1, 0.15) is 22.6 Å². The number of rotatable bonds is 5. The Labute approximate surface area is 214 Å². The van der Waals surface area contributed by atoms with Gasteiger partial charge in [-0.15, -0.1) is 0 Å². The summed E-state index contributed by atoms with van der Waals surface area (Å²) in [5.41, 5.74) is 9.91. The lowest BCUT2D eigenvalue weighted by Crippen LogP contribution is -2.38. The van der Waals surface area contributed by atoms with Gasteiger partial charge in [-0.25, -0.2) is 12.8 Å². The normalized spacial score (nSPS) is 17.3. The molecule has 0 spiro atoms. The second-order valence-electron chi connectivity index (χ2n) is 8.56. The van der Waals surface area contributed by atoms with E-state index in [1.54, 1.807) is 38.5 Å². The predicted octanol–water partition coefficient (Wildman–Crippen LogP) is 5.09. The Balaban J connectivity index is 1.73. The summed E-state index contributed by atoms with van der Waals surface area (Å²) in [7, 11) is -0.905. The van der Waals surface area contributed by atoms with Crippen molar-refractivity contribution in [1.29, 1.82) is 0 Å². The molecule has 0 saturated carbocycles. The van der Waals surface area contributed by atoms with Crippen molar-refractivity contribution in [2.45, 2.75) is 17.2 Å². The average Bonchev–Trinajstić information content (AvgIpc) is 2.87. The van der Waals surface area contributed by atoms with Crippen LogP contribution in [0.3, 0.4) is 0 Å². The molecule has 0 radical (unpaired) electrons. The van der Waals surface area contributed by atoms with Gasteiger partial charge < -0.3 is 20.1 Å². The zero-order valence-electron chi connectivity index (χ0n) is 19.7. The number of benzene rings is 3. The van der Waals surface area contributed by atoms with Crippen molar-refractivity contribution in [2.75, 3.05) is 20.8 Å². The van der Waals surface area contributed by atoms with Gasteiger partial charge in [0.2, 0.25) is 9.84 Å². The quantitative estimate of drug-likeness (QED) is 0.498. The summed E-state index contributed by atoms with van der Waals surface area (Å²) in [5.74, 6) is 0.128. The summed E-state index contributed by atoms with van der Waals surface area (Å²) in [5, 5.41) is 0.300. The van der Waals surface area contributed by atoms with Crippen molar-refractivity contribution in [3.05, 3.63) is 105 Å². The summed E-state index contributed by atoms with van der Waals surface area (Å²) in [4.78, 5) is 1.89. The SMILES string of the molecule is COc1cc2c(cc1OC)C1=CC(c3ccc(F)cc3)C(S(=O)(=O)c3cccc(Cl)c3)=C(N)N1CC2. The Kier molecular flexibility index (Phi) is 6.18. The Hall–Kier alpha value is -3.49. The molecule has 0 aromatic heterocycles. The maximum atomic E-state index is 13.9. The smallest absolute Gasteiger partial charge is 0.207 e. The minimum atomic E-state index is -4.05. The first-order chi connectivity index (χ1) is 17.2. The molecule has 0 bridgehead atoms. The molecule has 3 aromatic carbocycles. The number of nitrogens with zero attached hydrogens (tertiary/aromatic N) is 1. The topological polar surface area (TPSA) is 81.9 Å². The number of ether oxygens (including phenoxy) is 2. The van der Waals surface area contributed by atoms with E-state index in [1.807, 2.05) is 23.1 Å². The Bertz CT molecular complexity index is 1520. The van der Waals surface area contributed by atoms with E-state index in [0.717, 1.165) is 16.8 Å². The molecule has 0 saturated heterocycles. The van der Waals surface area contributed by atoms with Gasteiger partial charge in [-0.1, -0.05) is 29.8 Å². The highest BCUT2D eigenvalue weighted by Gasteiger charge is 2.39. The van der Waals surface area contributed by atoms with Crippen LogP contribution in [-0.2, 0) is 16.3 Å². The number of allylic oxidation sites excluding steroid dienone is 2. The average molecular weight is 527 g/mol. The van der Waals surface area contributed by atoms with Gasteiger partial charge >= 0.3 is 0 Å². The highest BCUT2D eigenvalue weighted by atomic mass is 35.5. The van der Waals surface area contributed by atoms with Crippen molar-refractivity contribution in [2.24, 2.45) is 5.73 Å². The van der Waals surface area contributed by atoms with Gasteiger partial charge in [0.25, 0.3) is 0 Å². The van der Waals surface area contributed by atoms with Crippen molar-refractivity contribution in [3.8, 4) is 11.5 Å². The lowest BCUT2D eigenvalue weighted by Gasteiger charge is -2.39. The molecule has 0 aliphatic carbocycles. The fourth-order valence-corrected chi connectivity index (χ4v) is 6.78. The second-order valence-corrected chi connectivity index (χ2v) is 10.9. The van der Waals surface area contributed by atoms with Crippen LogP contribution in [0.2, 0.25) is 5.02 Å². The molecule has 36 heavy (non-hydrogen) atoms. The maximum absolute atomic E-state index is 13.9. The molecule has 1 unspecified atom stereocenters. The van der Waals surface area contributed by atoms with Crippen LogP contribution < -0.4 is 15.2 Å². The van der Waals surface area contributed by atoms with Gasteiger partial charge in [0.15, 0.2) is 11.5 Å². The van der Waals surface area contributed by atoms with E-state index < -0.39 is 21.6 Å². The fourth-order valence-electron chi connectivity index (χ4n) is 4.80. The van der Waals surface area contributed by atoms with Crippen LogP contribution in [0.5, 0.6) is 11.5 Å². The minimum absolute atomic E-state index is 0.0315. The molecule has 2 aliphatic rings. The highest BCUT2D eigenvalue weighted by molar-refractivity contribution is 7.95. The Morgan fingerprint density at radius 1 is 1.03 bits per heavy atom. The van der Waals surface area contributed by atoms with E-state index in [1.165, 1.54) is 24.3 Å². The number of fused-ring (bicyclic) bond motifs is 3. The van der Waals surface area contributed by atoms with E-state index in [2.05, 4.69) is 0 Å². The number of hydrogen-bond acceptors (Lipinski definition) is 6.